The number of carbonyl (C=O) groups is 1. The first-order valence-electron chi connectivity index (χ1n) is 10.1. The summed E-state index contributed by atoms with van der Waals surface area (Å²) in [6.07, 6.45) is 7.71. The Bertz CT molecular complexity index is 1390. The second-order valence-electron chi connectivity index (χ2n) is 7.33. The van der Waals surface area contributed by atoms with Crippen molar-refractivity contribution in [2.24, 2.45) is 7.05 Å². The highest BCUT2D eigenvalue weighted by Crippen LogP contribution is 2.32. The second kappa shape index (κ2) is 9.67. The number of pyridine rings is 1. The maximum atomic E-state index is 14.7. The summed E-state index contributed by atoms with van der Waals surface area (Å²) in [4.78, 5) is 24.8. The lowest BCUT2D eigenvalue weighted by atomic mass is 10.1. The van der Waals surface area contributed by atoms with Gasteiger partial charge in [-0.15, -0.1) is 0 Å². The Balaban J connectivity index is 1.75. The van der Waals surface area contributed by atoms with Crippen LogP contribution in [0, 0.1) is 12.7 Å². The van der Waals surface area contributed by atoms with Crippen molar-refractivity contribution in [3.05, 3.63) is 78.2 Å². The predicted molar refractivity (Wildman–Crippen MR) is 130 cm³/mol. The van der Waals surface area contributed by atoms with Crippen LogP contribution in [0.5, 0.6) is 0 Å². The summed E-state index contributed by atoms with van der Waals surface area (Å²) in [6, 6.07) is 5.99. The Kier molecular flexibility index (Phi) is 6.51. The van der Waals surface area contributed by atoms with Gasteiger partial charge in [-0.2, -0.15) is 10.1 Å². The summed E-state index contributed by atoms with van der Waals surface area (Å²) >= 11 is 6.08. The molecule has 4 rings (SSSR count). The number of carbonyl (C=O) groups excluding carboxylic acids is 1. The zero-order valence-corrected chi connectivity index (χ0v) is 19.1. The number of amides is 1. The molecule has 1 aromatic carbocycles. The quantitative estimate of drug-likeness (QED) is 0.253. The number of anilines is 5. The van der Waals surface area contributed by atoms with E-state index < -0.39 is 11.7 Å². The highest BCUT2D eigenvalue weighted by molar-refractivity contribution is 6.30. The molecular formula is C23H20ClFN8O. The fraction of sp³-hybridized carbons (Fsp3) is 0.0870. The molecule has 0 bridgehead atoms. The van der Waals surface area contributed by atoms with Crippen molar-refractivity contribution in [2.45, 2.75) is 6.92 Å². The van der Waals surface area contributed by atoms with E-state index in [0.717, 1.165) is 11.6 Å². The summed E-state index contributed by atoms with van der Waals surface area (Å²) in [5.41, 5.74) is 3.21. The Labute approximate surface area is 199 Å². The number of benzene rings is 1. The van der Waals surface area contributed by atoms with Gasteiger partial charge in [-0.1, -0.05) is 18.2 Å². The van der Waals surface area contributed by atoms with Gasteiger partial charge in [0, 0.05) is 42.5 Å². The number of halogens is 2. The van der Waals surface area contributed by atoms with E-state index >= 15 is 0 Å². The summed E-state index contributed by atoms with van der Waals surface area (Å²) in [5, 5.41) is 13.2. The van der Waals surface area contributed by atoms with Crippen molar-refractivity contribution in [2.75, 3.05) is 16.0 Å². The molecule has 1 amide bonds. The van der Waals surface area contributed by atoms with Gasteiger partial charge in [0.25, 0.3) is 0 Å². The maximum absolute atomic E-state index is 14.7. The molecule has 0 aliphatic rings. The lowest BCUT2D eigenvalue weighted by molar-refractivity contribution is -0.111. The molecule has 0 atom stereocenters. The van der Waals surface area contributed by atoms with E-state index in [-0.39, 0.29) is 11.6 Å². The van der Waals surface area contributed by atoms with E-state index in [9.17, 15) is 9.18 Å². The molecule has 0 aliphatic carbocycles. The van der Waals surface area contributed by atoms with Crippen molar-refractivity contribution < 1.29 is 9.18 Å². The Morgan fingerprint density at radius 3 is 2.68 bits per heavy atom. The fourth-order valence-corrected chi connectivity index (χ4v) is 3.19. The number of nitrogens with one attached hydrogen (secondary N) is 3. The van der Waals surface area contributed by atoms with Gasteiger partial charge in [-0.25, -0.2) is 14.4 Å². The van der Waals surface area contributed by atoms with E-state index in [1.165, 1.54) is 18.2 Å². The summed E-state index contributed by atoms with van der Waals surface area (Å²) in [7, 11) is 1.79. The molecule has 3 N–H and O–H groups in total. The third-order valence-corrected chi connectivity index (χ3v) is 5.14. The van der Waals surface area contributed by atoms with Gasteiger partial charge in [0.15, 0.2) is 0 Å². The number of rotatable bonds is 7. The van der Waals surface area contributed by atoms with E-state index in [1.54, 1.807) is 36.5 Å². The van der Waals surface area contributed by atoms with Crippen molar-refractivity contribution in [1.29, 1.82) is 0 Å². The molecule has 0 unspecified atom stereocenters. The fourth-order valence-electron chi connectivity index (χ4n) is 3.09. The zero-order valence-electron chi connectivity index (χ0n) is 18.3. The van der Waals surface area contributed by atoms with Crippen LogP contribution in [0.15, 0.2) is 61.7 Å². The Morgan fingerprint density at radius 2 is 1.97 bits per heavy atom. The van der Waals surface area contributed by atoms with Crippen molar-refractivity contribution in [3.63, 3.8) is 0 Å². The first-order chi connectivity index (χ1) is 16.3. The van der Waals surface area contributed by atoms with Crippen LogP contribution in [-0.2, 0) is 11.8 Å². The molecule has 4 aromatic rings. The molecule has 0 saturated heterocycles. The smallest absolute Gasteiger partial charge is 0.247 e. The average Bonchev–Trinajstić information content (AvgIpc) is 3.22. The molecular weight excluding hydrogens is 459 g/mol. The summed E-state index contributed by atoms with van der Waals surface area (Å²) in [5.74, 6) is -0.357. The van der Waals surface area contributed by atoms with Crippen molar-refractivity contribution >= 4 is 46.3 Å². The van der Waals surface area contributed by atoms with Crippen molar-refractivity contribution in [3.8, 4) is 11.1 Å². The summed E-state index contributed by atoms with van der Waals surface area (Å²) in [6.45, 7) is 5.25. The first-order valence-corrected chi connectivity index (χ1v) is 10.5. The van der Waals surface area contributed by atoms with Crippen LogP contribution in [0.3, 0.4) is 0 Å². The largest absolute Gasteiger partial charge is 0.337 e. The minimum Gasteiger partial charge on any atom is -0.337 e. The van der Waals surface area contributed by atoms with Gasteiger partial charge in [0.05, 0.1) is 17.6 Å². The van der Waals surface area contributed by atoms with Crippen LogP contribution in [0.1, 0.15) is 5.56 Å². The van der Waals surface area contributed by atoms with Crippen LogP contribution in [-0.4, -0.2) is 30.6 Å². The molecule has 9 nitrogen and oxygen atoms in total. The van der Waals surface area contributed by atoms with Gasteiger partial charge >= 0.3 is 0 Å². The molecule has 0 fully saturated rings. The highest BCUT2D eigenvalue weighted by Gasteiger charge is 2.15. The highest BCUT2D eigenvalue weighted by atomic mass is 35.5. The van der Waals surface area contributed by atoms with E-state index in [1.807, 2.05) is 13.0 Å². The minimum atomic E-state index is -0.534. The molecule has 11 heteroatoms. The molecule has 34 heavy (non-hydrogen) atoms. The molecule has 0 radical (unpaired) electrons. The normalized spacial score (nSPS) is 10.6. The second-order valence-corrected chi connectivity index (χ2v) is 7.69. The SMILES string of the molecule is C=CC(=O)Nc1ccc(F)c(Nc2nc(Nc3cnn(C)c3)ncc2-c2cnc(Cl)c(C)c2)c1. The van der Waals surface area contributed by atoms with Gasteiger partial charge < -0.3 is 16.0 Å². The molecule has 3 heterocycles. The molecule has 0 aliphatic heterocycles. The van der Waals surface area contributed by atoms with Crippen LogP contribution in [0.2, 0.25) is 5.15 Å². The lowest BCUT2D eigenvalue weighted by Gasteiger charge is -2.15. The van der Waals surface area contributed by atoms with E-state index in [2.05, 4.69) is 42.6 Å². The number of hydrogen-bond donors (Lipinski definition) is 3. The summed E-state index contributed by atoms with van der Waals surface area (Å²) < 4.78 is 16.3. The third kappa shape index (κ3) is 5.18. The minimum absolute atomic E-state index is 0.104. The number of aromatic nitrogens is 5. The number of aryl methyl sites for hydroxylation is 2. The molecule has 0 spiro atoms. The van der Waals surface area contributed by atoms with Crippen LogP contribution in [0.25, 0.3) is 11.1 Å². The van der Waals surface area contributed by atoms with Gasteiger partial charge in [0.2, 0.25) is 11.9 Å². The number of hydrogen-bond acceptors (Lipinski definition) is 7. The molecule has 0 saturated carbocycles. The molecule has 172 valence electrons. The monoisotopic (exact) mass is 478 g/mol. The topological polar surface area (TPSA) is 110 Å². The third-order valence-electron chi connectivity index (χ3n) is 4.75. The Morgan fingerprint density at radius 1 is 1.15 bits per heavy atom. The van der Waals surface area contributed by atoms with Crippen LogP contribution in [0.4, 0.5) is 33.2 Å². The van der Waals surface area contributed by atoms with Gasteiger partial charge in [-0.3, -0.25) is 9.48 Å². The lowest BCUT2D eigenvalue weighted by Crippen LogP contribution is -2.08. The predicted octanol–water partition coefficient (Wildman–Crippen LogP) is 4.98. The zero-order chi connectivity index (χ0) is 24.2. The van der Waals surface area contributed by atoms with E-state index in [4.69, 9.17) is 11.6 Å². The average molecular weight is 479 g/mol. The van der Waals surface area contributed by atoms with E-state index in [0.29, 0.717) is 33.5 Å². The Hall–Kier alpha value is -4.31. The standard InChI is InChI=1S/C23H20ClFN8O/c1-4-20(34)29-15-5-6-18(25)19(8-15)31-22-17(14-7-13(2)21(24)26-9-14)11-27-23(32-22)30-16-10-28-33(3)12-16/h4-12H,1H2,2-3H3,(H,29,34)(H2,27,30,31,32). The maximum Gasteiger partial charge on any atom is 0.247 e. The molecule has 3 aromatic heterocycles. The van der Waals surface area contributed by atoms with Gasteiger partial charge in [0.1, 0.15) is 16.8 Å². The first kappa shape index (κ1) is 22.9. The van der Waals surface area contributed by atoms with Crippen molar-refractivity contribution in [1.82, 2.24) is 24.7 Å². The van der Waals surface area contributed by atoms with Crippen LogP contribution < -0.4 is 16.0 Å². The van der Waals surface area contributed by atoms with Gasteiger partial charge in [-0.05, 0) is 42.8 Å². The van der Waals surface area contributed by atoms with Crippen LogP contribution >= 0.6 is 11.6 Å². The number of nitrogens with zero attached hydrogens (tertiary/aromatic N) is 5.